The first-order valence-corrected chi connectivity index (χ1v) is 8.29. The first kappa shape index (κ1) is 17.5. The summed E-state index contributed by atoms with van der Waals surface area (Å²) in [4.78, 5) is 19.9. The largest absolute Gasteiger partial charge is 0.354 e. The fourth-order valence-corrected chi connectivity index (χ4v) is 2.42. The van der Waals surface area contributed by atoms with Crippen molar-refractivity contribution in [3.63, 3.8) is 0 Å². The van der Waals surface area contributed by atoms with Crippen LogP contribution in [0.4, 0.5) is 21.8 Å². The van der Waals surface area contributed by atoms with Gasteiger partial charge >= 0.3 is 0 Å². The van der Waals surface area contributed by atoms with Crippen LogP contribution >= 0.6 is 0 Å². The van der Waals surface area contributed by atoms with Crippen LogP contribution in [0.25, 0.3) is 0 Å². The second-order valence-electron chi connectivity index (χ2n) is 5.83. The molecule has 2 aromatic carbocycles. The van der Waals surface area contributed by atoms with E-state index in [2.05, 4.69) is 20.6 Å². The van der Waals surface area contributed by atoms with Crippen molar-refractivity contribution >= 4 is 23.2 Å². The maximum atomic E-state index is 12.9. The molecule has 0 radical (unpaired) electrons. The van der Waals surface area contributed by atoms with Gasteiger partial charge in [-0.3, -0.25) is 4.79 Å². The van der Waals surface area contributed by atoms with Gasteiger partial charge in [-0.15, -0.1) is 0 Å². The van der Waals surface area contributed by atoms with Gasteiger partial charge in [0.25, 0.3) is 0 Å². The van der Waals surface area contributed by atoms with E-state index in [4.69, 9.17) is 0 Å². The maximum absolute atomic E-state index is 12.9. The van der Waals surface area contributed by atoms with Crippen molar-refractivity contribution in [2.24, 2.45) is 0 Å². The van der Waals surface area contributed by atoms with E-state index in [0.717, 1.165) is 17.7 Å². The van der Waals surface area contributed by atoms with Crippen LogP contribution in [0, 0.1) is 5.82 Å². The maximum Gasteiger partial charge on any atom is 0.224 e. The quantitative estimate of drug-likeness (QED) is 0.625. The smallest absolute Gasteiger partial charge is 0.224 e. The predicted octanol–water partition coefficient (Wildman–Crippen LogP) is 4.22. The highest BCUT2D eigenvalue weighted by molar-refractivity contribution is 5.94. The summed E-state index contributed by atoms with van der Waals surface area (Å²) in [6, 6.07) is 15.4. The first-order valence-electron chi connectivity index (χ1n) is 8.29. The number of Topliss-reactive ketones (excluding diaryl/α,β-unsaturated/α-hetero) is 1. The summed E-state index contributed by atoms with van der Waals surface area (Å²) in [6.07, 6.45) is 2.41. The molecule has 26 heavy (non-hydrogen) atoms. The lowest BCUT2D eigenvalue weighted by molar-refractivity contribution is 0.101. The van der Waals surface area contributed by atoms with Crippen molar-refractivity contribution in [3.8, 4) is 0 Å². The number of halogens is 1. The van der Waals surface area contributed by atoms with Crippen molar-refractivity contribution in [1.29, 1.82) is 0 Å². The van der Waals surface area contributed by atoms with E-state index in [0.29, 0.717) is 23.9 Å². The average molecular weight is 350 g/mol. The van der Waals surface area contributed by atoms with Gasteiger partial charge in [-0.05, 0) is 61.4 Å². The molecule has 0 amide bonds. The monoisotopic (exact) mass is 350 g/mol. The van der Waals surface area contributed by atoms with Gasteiger partial charge in [-0.2, -0.15) is 4.98 Å². The molecule has 0 fully saturated rings. The minimum atomic E-state index is -0.236. The van der Waals surface area contributed by atoms with E-state index in [-0.39, 0.29) is 11.6 Å². The van der Waals surface area contributed by atoms with Crippen LogP contribution in [0.3, 0.4) is 0 Å². The standard InChI is InChI=1S/C20H19FN4O/c1-14(26)16-4-8-18(9-5-16)24-19-11-13-23-20(25-19)22-12-10-15-2-6-17(21)7-3-15/h2-9,11,13H,10,12H2,1H3,(H2,22,23,24,25). The molecule has 0 saturated carbocycles. The van der Waals surface area contributed by atoms with Crippen LogP contribution < -0.4 is 10.6 Å². The minimum Gasteiger partial charge on any atom is -0.354 e. The summed E-state index contributed by atoms with van der Waals surface area (Å²) in [5.41, 5.74) is 2.55. The van der Waals surface area contributed by atoms with Gasteiger partial charge in [0.1, 0.15) is 11.6 Å². The second-order valence-corrected chi connectivity index (χ2v) is 5.83. The Bertz CT molecular complexity index is 879. The third-order valence-electron chi connectivity index (χ3n) is 3.83. The minimum absolute atomic E-state index is 0.0335. The molecule has 1 heterocycles. The van der Waals surface area contributed by atoms with Crippen molar-refractivity contribution in [2.75, 3.05) is 17.2 Å². The molecular formula is C20H19FN4O. The van der Waals surface area contributed by atoms with Crippen LogP contribution in [0.2, 0.25) is 0 Å². The Kier molecular flexibility index (Phi) is 5.53. The first-order chi connectivity index (χ1) is 12.6. The van der Waals surface area contributed by atoms with Gasteiger partial charge in [0.05, 0.1) is 0 Å². The Hall–Kier alpha value is -3.28. The van der Waals surface area contributed by atoms with Crippen molar-refractivity contribution in [3.05, 3.63) is 77.7 Å². The molecule has 0 aliphatic rings. The number of nitrogens with one attached hydrogen (secondary N) is 2. The summed E-state index contributed by atoms with van der Waals surface area (Å²) >= 11 is 0. The number of nitrogens with zero attached hydrogens (tertiary/aromatic N) is 2. The van der Waals surface area contributed by atoms with Crippen LogP contribution in [0.15, 0.2) is 60.8 Å². The van der Waals surface area contributed by atoms with E-state index in [1.54, 1.807) is 36.5 Å². The van der Waals surface area contributed by atoms with Gasteiger partial charge in [0.2, 0.25) is 5.95 Å². The third kappa shape index (κ3) is 4.86. The Morgan fingerprint density at radius 2 is 1.77 bits per heavy atom. The molecule has 132 valence electrons. The molecule has 1 aromatic heterocycles. The number of benzene rings is 2. The van der Waals surface area contributed by atoms with E-state index in [9.17, 15) is 9.18 Å². The number of anilines is 3. The SMILES string of the molecule is CC(=O)c1ccc(Nc2ccnc(NCCc3ccc(F)cc3)n2)cc1. The number of ketones is 1. The van der Waals surface area contributed by atoms with Crippen LogP contribution in [0.5, 0.6) is 0 Å². The highest BCUT2D eigenvalue weighted by atomic mass is 19.1. The zero-order valence-electron chi connectivity index (χ0n) is 14.4. The van der Waals surface area contributed by atoms with Crippen molar-refractivity contribution < 1.29 is 9.18 Å². The molecule has 3 aromatic rings. The van der Waals surface area contributed by atoms with Gasteiger partial charge in [-0.25, -0.2) is 9.37 Å². The Morgan fingerprint density at radius 3 is 2.46 bits per heavy atom. The molecule has 0 spiro atoms. The molecule has 3 rings (SSSR count). The highest BCUT2D eigenvalue weighted by Gasteiger charge is 2.02. The lowest BCUT2D eigenvalue weighted by Crippen LogP contribution is -2.08. The summed E-state index contributed by atoms with van der Waals surface area (Å²) in [5, 5.41) is 6.34. The summed E-state index contributed by atoms with van der Waals surface area (Å²) in [7, 11) is 0. The third-order valence-corrected chi connectivity index (χ3v) is 3.83. The van der Waals surface area contributed by atoms with Crippen LogP contribution in [-0.2, 0) is 6.42 Å². The molecule has 0 unspecified atom stereocenters. The number of hydrogen-bond acceptors (Lipinski definition) is 5. The lowest BCUT2D eigenvalue weighted by Gasteiger charge is -2.09. The Labute approximate surface area is 151 Å². The number of rotatable bonds is 7. The molecule has 5 nitrogen and oxygen atoms in total. The van der Waals surface area contributed by atoms with E-state index < -0.39 is 0 Å². The molecule has 0 aliphatic heterocycles. The molecular weight excluding hydrogens is 331 g/mol. The zero-order chi connectivity index (χ0) is 18.4. The van der Waals surface area contributed by atoms with E-state index >= 15 is 0 Å². The molecule has 0 aliphatic carbocycles. The van der Waals surface area contributed by atoms with E-state index in [1.807, 2.05) is 12.1 Å². The zero-order valence-corrected chi connectivity index (χ0v) is 14.4. The number of carbonyl (C=O) groups is 1. The number of hydrogen-bond donors (Lipinski definition) is 2. The summed E-state index contributed by atoms with van der Waals surface area (Å²) in [5.74, 6) is 0.962. The van der Waals surface area contributed by atoms with Crippen molar-refractivity contribution in [2.45, 2.75) is 13.3 Å². The molecule has 0 atom stereocenters. The summed E-state index contributed by atoms with van der Waals surface area (Å²) in [6.45, 7) is 2.18. The second kappa shape index (κ2) is 8.20. The summed E-state index contributed by atoms with van der Waals surface area (Å²) < 4.78 is 12.9. The van der Waals surface area contributed by atoms with Crippen LogP contribution in [-0.4, -0.2) is 22.3 Å². The molecule has 6 heteroatoms. The van der Waals surface area contributed by atoms with Gasteiger partial charge in [-0.1, -0.05) is 12.1 Å². The lowest BCUT2D eigenvalue weighted by atomic mass is 10.1. The number of carbonyl (C=O) groups excluding carboxylic acids is 1. The normalized spacial score (nSPS) is 10.4. The predicted molar refractivity (Wildman–Crippen MR) is 100 cm³/mol. The van der Waals surface area contributed by atoms with Crippen molar-refractivity contribution in [1.82, 2.24) is 9.97 Å². The highest BCUT2D eigenvalue weighted by Crippen LogP contribution is 2.16. The van der Waals surface area contributed by atoms with Gasteiger partial charge < -0.3 is 10.6 Å². The Balaban J connectivity index is 1.57. The fourth-order valence-electron chi connectivity index (χ4n) is 2.42. The molecule has 2 N–H and O–H groups in total. The fraction of sp³-hybridized carbons (Fsp3) is 0.150. The number of aromatic nitrogens is 2. The topological polar surface area (TPSA) is 66.9 Å². The van der Waals surface area contributed by atoms with E-state index in [1.165, 1.54) is 19.1 Å². The van der Waals surface area contributed by atoms with Gasteiger partial charge in [0.15, 0.2) is 5.78 Å². The Morgan fingerprint density at radius 1 is 1.04 bits per heavy atom. The average Bonchev–Trinajstić information content (AvgIpc) is 2.64. The molecule has 0 saturated heterocycles. The van der Waals surface area contributed by atoms with Crippen LogP contribution in [0.1, 0.15) is 22.8 Å². The molecule has 0 bridgehead atoms. The van der Waals surface area contributed by atoms with Gasteiger partial charge in [0, 0.05) is 24.0 Å².